The molecule has 0 amide bonds. The van der Waals surface area contributed by atoms with Gasteiger partial charge >= 0.3 is 5.97 Å². The second-order valence-electron chi connectivity index (χ2n) is 3.57. The van der Waals surface area contributed by atoms with Gasteiger partial charge in [-0.1, -0.05) is 6.92 Å². The molecule has 0 spiro atoms. The Morgan fingerprint density at radius 2 is 2.11 bits per heavy atom. The van der Waals surface area contributed by atoms with E-state index in [1.54, 1.807) is 0 Å². The van der Waals surface area contributed by atoms with E-state index in [0.29, 0.717) is 13.0 Å². The summed E-state index contributed by atoms with van der Waals surface area (Å²) in [7, 11) is -2.35. The summed E-state index contributed by atoms with van der Waals surface area (Å²) in [6, 6.07) is 3.71. The van der Waals surface area contributed by atoms with Crippen molar-refractivity contribution in [3.63, 3.8) is 0 Å². The fourth-order valence-corrected chi connectivity index (χ4v) is 2.50. The van der Waals surface area contributed by atoms with E-state index in [1.807, 2.05) is 6.92 Å². The van der Waals surface area contributed by atoms with Gasteiger partial charge in [0.1, 0.15) is 11.3 Å². The van der Waals surface area contributed by atoms with Crippen LogP contribution in [0.2, 0.25) is 0 Å². The van der Waals surface area contributed by atoms with Crippen molar-refractivity contribution >= 4 is 16.0 Å². The molecule has 2 N–H and O–H groups in total. The zero-order chi connectivity index (χ0) is 13.8. The second kappa shape index (κ2) is 5.83. The lowest BCUT2D eigenvalue weighted by Gasteiger charge is -2.09. The molecule has 1 aromatic rings. The lowest BCUT2D eigenvalue weighted by Crippen LogP contribution is -2.24. The molecule has 6 nitrogen and oxygen atoms in total. The largest absolute Gasteiger partial charge is 0.496 e. The summed E-state index contributed by atoms with van der Waals surface area (Å²) in [6.07, 6.45) is 0.654. The Labute approximate surface area is 106 Å². The van der Waals surface area contributed by atoms with E-state index >= 15 is 0 Å². The van der Waals surface area contributed by atoms with Gasteiger partial charge in [0, 0.05) is 6.54 Å². The number of methoxy groups -OCH3 is 1. The summed E-state index contributed by atoms with van der Waals surface area (Å²) < 4.78 is 30.9. The third-order valence-electron chi connectivity index (χ3n) is 2.25. The number of ether oxygens (including phenoxy) is 1. The van der Waals surface area contributed by atoms with Crippen LogP contribution in [0, 0.1) is 0 Å². The molecule has 100 valence electrons. The van der Waals surface area contributed by atoms with E-state index in [1.165, 1.54) is 19.2 Å². The first-order chi connectivity index (χ1) is 8.42. The number of carboxylic acid groups (broad SMARTS) is 1. The van der Waals surface area contributed by atoms with Gasteiger partial charge in [0.05, 0.1) is 12.0 Å². The van der Waals surface area contributed by atoms with Gasteiger partial charge in [0.2, 0.25) is 10.0 Å². The van der Waals surface area contributed by atoms with Crippen LogP contribution >= 0.6 is 0 Å². The van der Waals surface area contributed by atoms with Crippen LogP contribution in [-0.2, 0) is 10.0 Å². The number of aromatic carboxylic acids is 1. The van der Waals surface area contributed by atoms with Crippen molar-refractivity contribution < 1.29 is 23.1 Å². The number of carboxylic acids is 1. The molecule has 0 saturated carbocycles. The minimum atomic E-state index is -3.67. The Kier molecular flexibility index (Phi) is 4.69. The number of nitrogens with one attached hydrogen (secondary N) is 1. The van der Waals surface area contributed by atoms with E-state index < -0.39 is 16.0 Å². The molecule has 0 aliphatic rings. The Hall–Kier alpha value is -1.60. The summed E-state index contributed by atoms with van der Waals surface area (Å²) in [4.78, 5) is 10.9. The molecular formula is C11H15NO5S. The standard InChI is InChI=1S/C11H15NO5S/c1-3-6-12-18(15,16)8-4-5-10(17-2)9(7-8)11(13)14/h4-5,7,12H,3,6H2,1-2H3,(H,13,14). The quantitative estimate of drug-likeness (QED) is 0.809. The van der Waals surface area contributed by atoms with Crippen LogP contribution in [0.3, 0.4) is 0 Å². The number of sulfonamides is 1. The van der Waals surface area contributed by atoms with E-state index in [2.05, 4.69) is 4.72 Å². The average Bonchev–Trinajstić information content (AvgIpc) is 2.35. The third-order valence-corrected chi connectivity index (χ3v) is 3.71. The van der Waals surface area contributed by atoms with E-state index in [4.69, 9.17) is 9.84 Å². The van der Waals surface area contributed by atoms with Gasteiger partial charge in [0.15, 0.2) is 0 Å². The highest BCUT2D eigenvalue weighted by atomic mass is 32.2. The van der Waals surface area contributed by atoms with Gasteiger partial charge in [-0.2, -0.15) is 0 Å². The topological polar surface area (TPSA) is 92.7 Å². The summed E-state index contributed by atoms with van der Waals surface area (Å²) in [5, 5.41) is 8.97. The maximum Gasteiger partial charge on any atom is 0.339 e. The molecule has 18 heavy (non-hydrogen) atoms. The maximum absolute atomic E-state index is 11.8. The first kappa shape index (κ1) is 14.5. The molecule has 0 aromatic heterocycles. The first-order valence-electron chi connectivity index (χ1n) is 5.33. The normalized spacial score (nSPS) is 11.2. The minimum Gasteiger partial charge on any atom is -0.496 e. The first-order valence-corrected chi connectivity index (χ1v) is 6.81. The summed E-state index contributed by atoms with van der Waals surface area (Å²) in [6.45, 7) is 2.13. The summed E-state index contributed by atoms with van der Waals surface area (Å²) in [5.41, 5.74) is -0.183. The van der Waals surface area contributed by atoms with Crippen LogP contribution in [-0.4, -0.2) is 33.1 Å². The Balaban J connectivity index is 3.20. The molecule has 0 unspecified atom stereocenters. The molecule has 0 bridgehead atoms. The highest BCUT2D eigenvalue weighted by molar-refractivity contribution is 7.89. The van der Waals surface area contributed by atoms with Crippen LogP contribution in [0.15, 0.2) is 23.1 Å². The molecule has 0 heterocycles. The minimum absolute atomic E-state index is 0.0887. The molecule has 0 aliphatic carbocycles. The molecule has 1 rings (SSSR count). The molecule has 0 saturated heterocycles. The van der Waals surface area contributed by atoms with Crippen molar-refractivity contribution in [1.82, 2.24) is 4.72 Å². The van der Waals surface area contributed by atoms with E-state index in [0.717, 1.165) is 6.07 Å². The Bertz CT molecular complexity index is 538. The number of carbonyl (C=O) groups is 1. The molecule has 0 atom stereocenters. The second-order valence-corrected chi connectivity index (χ2v) is 5.33. The fraction of sp³-hybridized carbons (Fsp3) is 0.364. The molecule has 0 radical (unpaired) electrons. The maximum atomic E-state index is 11.8. The molecular weight excluding hydrogens is 258 g/mol. The van der Waals surface area contributed by atoms with Gasteiger partial charge in [-0.3, -0.25) is 0 Å². The lowest BCUT2D eigenvalue weighted by atomic mass is 10.2. The zero-order valence-electron chi connectivity index (χ0n) is 10.1. The van der Waals surface area contributed by atoms with Gasteiger partial charge in [-0.05, 0) is 24.6 Å². The molecule has 0 aliphatic heterocycles. The van der Waals surface area contributed by atoms with Gasteiger partial charge in [-0.15, -0.1) is 0 Å². The molecule has 7 heteroatoms. The van der Waals surface area contributed by atoms with Crippen molar-refractivity contribution in [1.29, 1.82) is 0 Å². The van der Waals surface area contributed by atoms with Crippen LogP contribution in [0.5, 0.6) is 5.75 Å². The van der Waals surface area contributed by atoms with Crippen LogP contribution in [0.4, 0.5) is 0 Å². The summed E-state index contributed by atoms with van der Waals surface area (Å²) >= 11 is 0. The number of hydrogen-bond acceptors (Lipinski definition) is 4. The van der Waals surface area contributed by atoms with Crippen molar-refractivity contribution in [2.24, 2.45) is 0 Å². The Morgan fingerprint density at radius 1 is 1.44 bits per heavy atom. The monoisotopic (exact) mass is 273 g/mol. The van der Waals surface area contributed by atoms with Crippen molar-refractivity contribution in [2.75, 3.05) is 13.7 Å². The van der Waals surface area contributed by atoms with Crippen molar-refractivity contribution in [2.45, 2.75) is 18.2 Å². The van der Waals surface area contributed by atoms with Crippen LogP contribution < -0.4 is 9.46 Å². The highest BCUT2D eigenvalue weighted by Crippen LogP contribution is 2.22. The zero-order valence-corrected chi connectivity index (χ0v) is 11.0. The van der Waals surface area contributed by atoms with Gasteiger partial charge in [0.25, 0.3) is 0 Å². The van der Waals surface area contributed by atoms with Crippen LogP contribution in [0.1, 0.15) is 23.7 Å². The van der Waals surface area contributed by atoms with Crippen molar-refractivity contribution in [3.8, 4) is 5.75 Å². The number of hydrogen-bond donors (Lipinski definition) is 2. The Morgan fingerprint density at radius 3 is 2.61 bits per heavy atom. The lowest BCUT2D eigenvalue weighted by molar-refractivity contribution is 0.0693. The van der Waals surface area contributed by atoms with Crippen molar-refractivity contribution in [3.05, 3.63) is 23.8 Å². The predicted octanol–water partition coefficient (Wildman–Crippen LogP) is 1.08. The fourth-order valence-electron chi connectivity index (χ4n) is 1.34. The summed E-state index contributed by atoms with van der Waals surface area (Å²) in [5.74, 6) is -1.11. The van der Waals surface area contributed by atoms with Gasteiger partial charge in [-0.25, -0.2) is 17.9 Å². The highest BCUT2D eigenvalue weighted by Gasteiger charge is 2.18. The number of rotatable bonds is 6. The molecule has 1 aromatic carbocycles. The van der Waals surface area contributed by atoms with Crippen LogP contribution in [0.25, 0.3) is 0 Å². The SMILES string of the molecule is CCCNS(=O)(=O)c1ccc(OC)c(C(=O)O)c1. The van der Waals surface area contributed by atoms with E-state index in [-0.39, 0.29) is 16.2 Å². The average molecular weight is 273 g/mol. The molecule has 0 fully saturated rings. The number of benzene rings is 1. The third kappa shape index (κ3) is 3.21. The smallest absolute Gasteiger partial charge is 0.339 e. The van der Waals surface area contributed by atoms with E-state index in [9.17, 15) is 13.2 Å². The van der Waals surface area contributed by atoms with Gasteiger partial charge < -0.3 is 9.84 Å². The predicted molar refractivity (Wildman–Crippen MR) is 65.4 cm³/mol.